The quantitative estimate of drug-likeness (QED) is 0.698. The third kappa shape index (κ3) is 5.18. The summed E-state index contributed by atoms with van der Waals surface area (Å²) in [4.78, 5) is 1.28. The Kier molecular flexibility index (Phi) is 6.52. The molecule has 0 saturated carbocycles. The van der Waals surface area contributed by atoms with Gasteiger partial charge in [0.15, 0.2) is 5.11 Å². The fourth-order valence-corrected chi connectivity index (χ4v) is 2.62. The van der Waals surface area contributed by atoms with Crippen LogP contribution in [0.1, 0.15) is 11.6 Å². The topological polar surface area (TPSA) is 37.7 Å². The maximum atomic E-state index is 12.9. The number of ether oxygens (including phenoxy) is 1. The van der Waals surface area contributed by atoms with E-state index in [9.17, 15) is 4.39 Å². The Morgan fingerprint density at radius 2 is 1.92 bits per heavy atom. The van der Waals surface area contributed by atoms with Gasteiger partial charge in [-0.2, -0.15) is 0 Å². The molecule has 2 aromatic carbocycles. The first kappa shape index (κ1) is 18.2. The molecular formula is C18H23FN3OS+. The van der Waals surface area contributed by atoms with E-state index in [0.29, 0.717) is 11.7 Å². The Morgan fingerprint density at radius 1 is 1.21 bits per heavy atom. The molecule has 4 nitrogen and oxygen atoms in total. The number of thiocarbonyl (C=S) groups is 1. The predicted octanol–water partition coefficient (Wildman–Crippen LogP) is 2.01. The molecule has 0 bridgehead atoms. The molecule has 2 rings (SSSR count). The van der Waals surface area contributed by atoms with Gasteiger partial charge in [0, 0.05) is 11.3 Å². The van der Waals surface area contributed by atoms with Gasteiger partial charge in [-0.05, 0) is 48.6 Å². The zero-order valence-electron chi connectivity index (χ0n) is 14.1. The summed E-state index contributed by atoms with van der Waals surface area (Å²) < 4.78 is 18.2. The van der Waals surface area contributed by atoms with Gasteiger partial charge in [0.05, 0.1) is 27.7 Å². The highest BCUT2D eigenvalue weighted by atomic mass is 32.1. The van der Waals surface area contributed by atoms with E-state index in [1.165, 1.54) is 22.6 Å². The van der Waals surface area contributed by atoms with Gasteiger partial charge in [0.2, 0.25) is 0 Å². The van der Waals surface area contributed by atoms with Crippen LogP contribution in [0.5, 0.6) is 5.75 Å². The molecule has 2 aromatic rings. The minimum atomic E-state index is -0.270. The van der Waals surface area contributed by atoms with Crippen molar-refractivity contribution >= 4 is 23.0 Å². The summed E-state index contributed by atoms with van der Waals surface area (Å²) >= 11 is 5.32. The Balaban J connectivity index is 1.98. The van der Waals surface area contributed by atoms with E-state index in [4.69, 9.17) is 17.0 Å². The van der Waals surface area contributed by atoms with Crippen molar-refractivity contribution in [3.8, 4) is 5.75 Å². The molecule has 0 aliphatic heterocycles. The monoisotopic (exact) mass is 348 g/mol. The Hall–Kier alpha value is -2.18. The molecule has 1 atom stereocenters. The number of anilines is 1. The zero-order valence-corrected chi connectivity index (χ0v) is 14.9. The van der Waals surface area contributed by atoms with E-state index in [1.807, 2.05) is 18.2 Å². The van der Waals surface area contributed by atoms with Crippen molar-refractivity contribution in [2.24, 2.45) is 0 Å². The van der Waals surface area contributed by atoms with Crippen LogP contribution in [-0.4, -0.2) is 32.9 Å². The number of rotatable bonds is 6. The van der Waals surface area contributed by atoms with Crippen molar-refractivity contribution < 1.29 is 14.0 Å². The van der Waals surface area contributed by atoms with Crippen LogP contribution in [-0.2, 0) is 0 Å². The zero-order chi connectivity index (χ0) is 17.5. The molecule has 0 amide bonds. The molecule has 0 radical (unpaired) electrons. The van der Waals surface area contributed by atoms with Gasteiger partial charge >= 0.3 is 0 Å². The van der Waals surface area contributed by atoms with Gasteiger partial charge in [-0.25, -0.2) is 4.39 Å². The lowest BCUT2D eigenvalue weighted by Crippen LogP contribution is -3.07. The fourth-order valence-electron chi connectivity index (χ4n) is 2.42. The first-order valence-electron chi connectivity index (χ1n) is 7.74. The van der Waals surface area contributed by atoms with Gasteiger partial charge in [0.1, 0.15) is 17.6 Å². The molecule has 128 valence electrons. The third-order valence-corrected chi connectivity index (χ3v) is 4.01. The van der Waals surface area contributed by atoms with Crippen LogP contribution in [0.15, 0.2) is 48.5 Å². The van der Waals surface area contributed by atoms with E-state index in [2.05, 4.69) is 30.8 Å². The molecule has 24 heavy (non-hydrogen) atoms. The summed E-state index contributed by atoms with van der Waals surface area (Å²) in [5, 5.41) is 6.80. The Morgan fingerprint density at radius 3 is 2.54 bits per heavy atom. The van der Waals surface area contributed by atoms with E-state index >= 15 is 0 Å². The Bertz CT molecular complexity index is 676. The average molecular weight is 348 g/mol. The van der Waals surface area contributed by atoms with E-state index < -0.39 is 0 Å². The smallest absolute Gasteiger partial charge is 0.171 e. The van der Waals surface area contributed by atoms with Gasteiger partial charge < -0.3 is 20.3 Å². The van der Waals surface area contributed by atoms with Crippen LogP contribution >= 0.6 is 12.2 Å². The first-order chi connectivity index (χ1) is 11.5. The number of methoxy groups -OCH3 is 1. The molecule has 0 unspecified atom stereocenters. The van der Waals surface area contributed by atoms with Gasteiger partial charge in [0.25, 0.3) is 0 Å². The SMILES string of the molecule is COc1cccc([C@H](CNC(=S)Nc2ccc(F)cc2)[NH+](C)C)c1. The number of nitrogens with one attached hydrogen (secondary N) is 3. The van der Waals surface area contributed by atoms with Crippen LogP contribution in [0, 0.1) is 5.82 Å². The normalized spacial score (nSPS) is 11.9. The maximum Gasteiger partial charge on any atom is 0.171 e. The van der Waals surface area contributed by atoms with Gasteiger partial charge in [-0.1, -0.05) is 12.1 Å². The lowest BCUT2D eigenvalue weighted by atomic mass is 10.1. The molecule has 0 aliphatic carbocycles. The van der Waals surface area contributed by atoms with Crippen LogP contribution in [0.4, 0.5) is 10.1 Å². The Labute approximate surface area is 147 Å². The van der Waals surface area contributed by atoms with Crippen molar-refractivity contribution in [3.05, 3.63) is 59.9 Å². The molecule has 0 aromatic heterocycles. The molecule has 0 aliphatic rings. The van der Waals surface area contributed by atoms with Crippen molar-refractivity contribution in [2.45, 2.75) is 6.04 Å². The summed E-state index contributed by atoms with van der Waals surface area (Å²) in [5.41, 5.74) is 1.93. The van der Waals surface area contributed by atoms with Crippen LogP contribution < -0.4 is 20.3 Å². The van der Waals surface area contributed by atoms with E-state index in [1.54, 1.807) is 19.2 Å². The van der Waals surface area contributed by atoms with Crippen LogP contribution in [0.25, 0.3) is 0 Å². The average Bonchev–Trinajstić information content (AvgIpc) is 2.57. The number of hydrogen-bond donors (Lipinski definition) is 3. The molecular weight excluding hydrogens is 325 g/mol. The number of halogens is 1. The second-order valence-electron chi connectivity index (χ2n) is 5.75. The standard InChI is InChI=1S/C18H22FN3OS/c1-22(2)17(13-5-4-6-16(11-13)23-3)12-20-18(24)21-15-9-7-14(19)8-10-15/h4-11,17H,12H2,1-3H3,(H2,20,21,24)/p+1/t17-/m0/s1. The van der Waals surface area contributed by atoms with Crippen LogP contribution in [0.3, 0.4) is 0 Å². The number of benzene rings is 2. The first-order valence-corrected chi connectivity index (χ1v) is 8.15. The highest BCUT2D eigenvalue weighted by Crippen LogP contribution is 2.17. The largest absolute Gasteiger partial charge is 0.497 e. The van der Waals surface area contributed by atoms with Crippen LogP contribution in [0.2, 0.25) is 0 Å². The lowest BCUT2D eigenvalue weighted by Gasteiger charge is -2.23. The lowest BCUT2D eigenvalue weighted by molar-refractivity contribution is -0.890. The number of quaternary nitrogens is 1. The predicted molar refractivity (Wildman–Crippen MR) is 99.2 cm³/mol. The number of likely N-dealkylation sites (N-methyl/N-ethyl adjacent to an activating group) is 1. The molecule has 0 saturated heterocycles. The minimum Gasteiger partial charge on any atom is -0.497 e. The second kappa shape index (κ2) is 8.61. The van der Waals surface area contributed by atoms with Crippen molar-refractivity contribution in [2.75, 3.05) is 33.1 Å². The summed E-state index contributed by atoms with van der Waals surface area (Å²) in [7, 11) is 5.86. The molecule has 6 heteroatoms. The highest BCUT2D eigenvalue weighted by molar-refractivity contribution is 7.80. The molecule has 3 N–H and O–H groups in total. The summed E-state index contributed by atoms with van der Waals surface area (Å²) in [6.07, 6.45) is 0. The van der Waals surface area contributed by atoms with Gasteiger partial charge in [-0.3, -0.25) is 0 Å². The number of hydrogen-bond acceptors (Lipinski definition) is 2. The van der Waals surface area contributed by atoms with Crippen molar-refractivity contribution in [1.82, 2.24) is 5.32 Å². The molecule has 0 spiro atoms. The maximum absolute atomic E-state index is 12.9. The van der Waals surface area contributed by atoms with Crippen molar-refractivity contribution in [3.63, 3.8) is 0 Å². The summed E-state index contributed by atoms with van der Waals surface area (Å²) in [6.45, 7) is 0.669. The summed E-state index contributed by atoms with van der Waals surface area (Å²) in [6, 6.07) is 14.3. The second-order valence-corrected chi connectivity index (χ2v) is 6.16. The van der Waals surface area contributed by atoms with E-state index in [-0.39, 0.29) is 11.9 Å². The highest BCUT2D eigenvalue weighted by Gasteiger charge is 2.18. The van der Waals surface area contributed by atoms with Gasteiger partial charge in [-0.15, -0.1) is 0 Å². The van der Waals surface area contributed by atoms with E-state index in [0.717, 1.165) is 11.4 Å². The third-order valence-electron chi connectivity index (χ3n) is 3.76. The van der Waals surface area contributed by atoms with Crippen molar-refractivity contribution in [1.29, 1.82) is 0 Å². The molecule has 0 fully saturated rings. The minimum absolute atomic E-state index is 0.216. The summed E-state index contributed by atoms with van der Waals surface area (Å²) in [5.74, 6) is 0.569. The fraction of sp³-hybridized carbons (Fsp3) is 0.278. The molecule has 0 heterocycles.